The quantitative estimate of drug-likeness (QED) is 0.794. The van der Waals surface area contributed by atoms with Crippen molar-refractivity contribution in [3.8, 4) is 0 Å². The number of nitrogens with zero attached hydrogens (tertiary/aromatic N) is 2. The van der Waals surface area contributed by atoms with Crippen molar-refractivity contribution in [3.63, 3.8) is 0 Å². The molecular formula is C17H23FN2O3. The van der Waals surface area contributed by atoms with E-state index in [1.165, 1.54) is 19.2 Å². The van der Waals surface area contributed by atoms with Gasteiger partial charge in [0.15, 0.2) is 0 Å². The summed E-state index contributed by atoms with van der Waals surface area (Å²) in [4.78, 5) is 28.0. The molecular weight excluding hydrogens is 299 g/mol. The molecule has 2 unspecified atom stereocenters. The molecule has 1 aliphatic heterocycles. The minimum atomic E-state index is -0.613. The molecule has 0 spiro atoms. The lowest BCUT2D eigenvalue weighted by Crippen LogP contribution is -2.46. The normalized spacial score (nSPS) is 19.9. The summed E-state index contributed by atoms with van der Waals surface area (Å²) in [5, 5.41) is 0. The summed E-state index contributed by atoms with van der Waals surface area (Å²) < 4.78 is 18.1. The fourth-order valence-corrected chi connectivity index (χ4v) is 3.06. The number of esters is 1. The monoisotopic (exact) mass is 322 g/mol. The SMILES string of the molecule is COC(=O)C(c1ccc(F)cc1)N1CCCC(C(=O)N(C)C)C1. The average molecular weight is 322 g/mol. The Balaban J connectivity index is 2.23. The first-order valence-electron chi connectivity index (χ1n) is 7.72. The van der Waals surface area contributed by atoms with Crippen molar-refractivity contribution in [3.05, 3.63) is 35.6 Å². The summed E-state index contributed by atoms with van der Waals surface area (Å²) in [5.41, 5.74) is 0.677. The number of ether oxygens (including phenoxy) is 1. The van der Waals surface area contributed by atoms with Gasteiger partial charge >= 0.3 is 5.97 Å². The van der Waals surface area contributed by atoms with Crippen molar-refractivity contribution in [2.75, 3.05) is 34.3 Å². The van der Waals surface area contributed by atoms with E-state index < -0.39 is 12.0 Å². The number of carbonyl (C=O) groups excluding carboxylic acids is 2. The molecule has 0 aromatic heterocycles. The highest BCUT2D eigenvalue weighted by atomic mass is 19.1. The van der Waals surface area contributed by atoms with Crippen LogP contribution in [-0.2, 0) is 14.3 Å². The van der Waals surface area contributed by atoms with Crippen LogP contribution in [0.2, 0.25) is 0 Å². The van der Waals surface area contributed by atoms with Gasteiger partial charge in [0.1, 0.15) is 11.9 Å². The maximum absolute atomic E-state index is 13.2. The van der Waals surface area contributed by atoms with Crippen molar-refractivity contribution >= 4 is 11.9 Å². The molecule has 1 aromatic carbocycles. The Bertz CT molecular complexity index is 559. The van der Waals surface area contributed by atoms with Gasteiger partial charge in [0.25, 0.3) is 0 Å². The molecule has 23 heavy (non-hydrogen) atoms. The van der Waals surface area contributed by atoms with Crippen molar-refractivity contribution < 1.29 is 18.7 Å². The second-order valence-corrected chi connectivity index (χ2v) is 6.04. The second kappa shape index (κ2) is 7.55. The summed E-state index contributed by atoms with van der Waals surface area (Å²) in [6, 6.07) is 5.23. The van der Waals surface area contributed by atoms with Gasteiger partial charge in [0.05, 0.1) is 13.0 Å². The third-order valence-corrected chi connectivity index (χ3v) is 4.22. The Morgan fingerprint density at radius 1 is 1.30 bits per heavy atom. The van der Waals surface area contributed by atoms with E-state index in [1.807, 2.05) is 4.90 Å². The van der Waals surface area contributed by atoms with Crippen LogP contribution in [0.1, 0.15) is 24.4 Å². The minimum Gasteiger partial charge on any atom is -0.468 e. The Hall–Kier alpha value is -1.95. The number of methoxy groups -OCH3 is 1. The lowest BCUT2D eigenvalue weighted by molar-refractivity contribution is -0.149. The van der Waals surface area contributed by atoms with E-state index in [0.717, 1.165) is 12.8 Å². The molecule has 0 aliphatic carbocycles. The Morgan fingerprint density at radius 2 is 1.96 bits per heavy atom. The zero-order valence-electron chi connectivity index (χ0n) is 13.8. The van der Waals surface area contributed by atoms with E-state index in [-0.39, 0.29) is 17.6 Å². The van der Waals surface area contributed by atoms with Gasteiger partial charge in [0, 0.05) is 20.6 Å². The standard InChI is InChI=1S/C17H23FN2O3/c1-19(2)16(21)13-5-4-10-20(11-13)15(17(22)23-3)12-6-8-14(18)9-7-12/h6-9,13,15H,4-5,10-11H2,1-3H3. The van der Waals surface area contributed by atoms with Crippen molar-refractivity contribution in [2.45, 2.75) is 18.9 Å². The molecule has 0 radical (unpaired) electrons. The smallest absolute Gasteiger partial charge is 0.327 e. The van der Waals surface area contributed by atoms with Gasteiger partial charge in [-0.3, -0.25) is 9.69 Å². The Morgan fingerprint density at radius 3 is 2.52 bits per heavy atom. The molecule has 5 nitrogen and oxygen atoms in total. The summed E-state index contributed by atoms with van der Waals surface area (Å²) in [6.07, 6.45) is 1.64. The topological polar surface area (TPSA) is 49.9 Å². The summed E-state index contributed by atoms with van der Waals surface area (Å²) in [7, 11) is 4.81. The highest BCUT2D eigenvalue weighted by Crippen LogP contribution is 2.28. The zero-order valence-corrected chi connectivity index (χ0v) is 13.8. The predicted molar refractivity (Wildman–Crippen MR) is 84.1 cm³/mol. The Labute approximate surface area is 136 Å². The first kappa shape index (κ1) is 17.4. The fraction of sp³-hybridized carbons (Fsp3) is 0.529. The van der Waals surface area contributed by atoms with Crippen LogP contribution in [0.5, 0.6) is 0 Å². The van der Waals surface area contributed by atoms with E-state index in [4.69, 9.17) is 4.74 Å². The zero-order chi connectivity index (χ0) is 17.0. The molecule has 1 aliphatic rings. The number of likely N-dealkylation sites (tertiary alicyclic amines) is 1. The molecule has 1 heterocycles. The van der Waals surface area contributed by atoms with Crippen molar-refractivity contribution in [1.29, 1.82) is 0 Å². The number of rotatable bonds is 4. The van der Waals surface area contributed by atoms with E-state index >= 15 is 0 Å². The number of piperidine rings is 1. The fourth-order valence-electron chi connectivity index (χ4n) is 3.06. The minimum absolute atomic E-state index is 0.0671. The lowest BCUT2D eigenvalue weighted by atomic mass is 9.93. The van der Waals surface area contributed by atoms with E-state index in [2.05, 4.69) is 0 Å². The van der Waals surface area contributed by atoms with E-state index in [1.54, 1.807) is 31.1 Å². The molecule has 1 fully saturated rings. The number of halogens is 1. The molecule has 0 N–H and O–H groups in total. The van der Waals surface area contributed by atoms with Crippen LogP contribution in [0.25, 0.3) is 0 Å². The van der Waals surface area contributed by atoms with Crippen LogP contribution >= 0.6 is 0 Å². The largest absolute Gasteiger partial charge is 0.468 e. The van der Waals surface area contributed by atoms with E-state index in [9.17, 15) is 14.0 Å². The van der Waals surface area contributed by atoms with Crippen molar-refractivity contribution in [1.82, 2.24) is 9.80 Å². The number of hydrogen-bond acceptors (Lipinski definition) is 4. The number of carbonyl (C=O) groups is 2. The van der Waals surface area contributed by atoms with Gasteiger partial charge < -0.3 is 9.64 Å². The molecule has 0 saturated carbocycles. The Kier molecular flexibility index (Phi) is 5.71. The van der Waals surface area contributed by atoms with E-state index in [0.29, 0.717) is 18.7 Å². The highest BCUT2D eigenvalue weighted by molar-refractivity contribution is 5.80. The van der Waals surface area contributed by atoms with Gasteiger partial charge in [-0.1, -0.05) is 12.1 Å². The number of amides is 1. The predicted octanol–water partition coefficient (Wildman–Crippen LogP) is 1.84. The first-order chi connectivity index (χ1) is 10.9. The maximum atomic E-state index is 13.2. The number of hydrogen-bond donors (Lipinski definition) is 0. The average Bonchev–Trinajstić information content (AvgIpc) is 2.56. The second-order valence-electron chi connectivity index (χ2n) is 6.04. The molecule has 126 valence electrons. The highest BCUT2D eigenvalue weighted by Gasteiger charge is 2.35. The van der Waals surface area contributed by atoms with Gasteiger partial charge in [0.2, 0.25) is 5.91 Å². The van der Waals surface area contributed by atoms with Crippen LogP contribution in [0.15, 0.2) is 24.3 Å². The van der Waals surface area contributed by atoms with Gasteiger partial charge in [-0.25, -0.2) is 9.18 Å². The molecule has 0 bridgehead atoms. The molecule has 1 aromatic rings. The van der Waals surface area contributed by atoms with Crippen LogP contribution in [-0.4, -0.2) is 56.0 Å². The van der Waals surface area contributed by atoms with Crippen LogP contribution in [0, 0.1) is 11.7 Å². The van der Waals surface area contributed by atoms with Gasteiger partial charge in [-0.05, 0) is 37.1 Å². The molecule has 1 saturated heterocycles. The molecule has 2 atom stereocenters. The summed E-state index contributed by atoms with van der Waals surface area (Å²) in [5.74, 6) is -0.810. The summed E-state index contributed by atoms with van der Waals surface area (Å²) >= 11 is 0. The van der Waals surface area contributed by atoms with Crippen LogP contribution in [0.3, 0.4) is 0 Å². The summed E-state index contributed by atoms with van der Waals surface area (Å²) in [6.45, 7) is 1.20. The third kappa shape index (κ3) is 4.07. The van der Waals surface area contributed by atoms with Crippen LogP contribution < -0.4 is 0 Å². The first-order valence-corrected chi connectivity index (χ1v) is 7.72. The van der Waals surface area contributed by atoms with Crippen molar-refractivity contribution in [2.24, 2.45) is 5.92 Å². The maximum Gasteiger partial charge on any atom is 0.327 e. The molecule has 1 amide bonds. The van der Waals surface area contributed by atoms with Crippen LogP contribution in [0.4, 0.5) is 4.39 Å². The molecule has 6 heteroatoms. The van der Waals surface area contributed by atoms with Gasteiger partial charge in [-0.15, -0.1) is 0 Å². The van der Waals surface area contributed by atoms with Gasteiger partial charge in [-0.2, -0.15) is 0 Å². The number of benzene rings is 1. The molecule has 2 rings (SSSR count). The third-order valence-electron chi connectivity index (χ3n) is 4.22. The lowest BCUT2D eigenvalue weighted by Gasteiger charge is -2.37.